The number of nitrogens with zero attached hydrogens (tertiary/aromatic N) is 1. The van der Waals surface area contributed by atoms with Crippen molar-refractivity contribution in [1.82, 2.24) is 4.90 Å². The summed E-state index contributed by atoms with van der Waals surface area (Å²) in [5.41, 5.74) is -0.0293. The van der Waals surface area contributed by atoms with E-state index in [1.165, 1.54) is 23.1 Å². The first-order valence-electron chi connectivity index (χ1n) is 5.73. The Morgan fingerprint density at radius 3 is 2.35 bits per heavy atom. The highest BCUT2D eigenvalue weighted by atomic mass is 16.3. The van der Waals surface area contributed by atoms with Crippen LogP contribution in [0.15, 0.2) is 18.2 Å². The van der Waals surface area contributed by atoms with Gasteiger partial charge in [0.15, 0.2) is 0 Å². The van der Waals surface area contributed by atoms with Crippen LogP contribution in [0, 0.1) is 5.92 Å². The minimum absolute atomic E-state index is 0.0293. The molecule has 0 saturated carbocycles. The third-order valence-electron chi connectivity index (χ3n) is 2.86. The van der Waals surface area contributed by atoms with Crippen LogP contribution in [0.2, 0.25) is 0 Å². The van der Waals surface area contributed by atoms with Crippen LogP contribution in [0.25, 0.3) is 0 Å². The lowest BCUT2D eigenvalue weighted by atomic mass is 10.1. The summed E-state index contributed by atoms with van der Waals surface area (Å²) in [6.45, 7) is 4.71. The lowest BCUT2D eigenvalue weighted by molar-refractivity contribution is 0.0768. The number of hydrogen-bond acceptors (Lipinski definition) is 3. The van der Waals surface area contributed by atoms with Crippen LogP contribution in [0.1, 0.15) is 30.6 Å². The maximum atomic E-state index is 12.0. The summed E-state index contributed by atoms with van der Waals surface area (Å²) in [4.78, 5) is 13.6. The molecule has 1 atom stereocenters. The standard InChI is InChI=1S/C13H19NO3/c1-4-9(2)8-14(3)13(17)12-10(15)6-5-7-11(12)16/h5-7,9,15-16H,4,8H2,1-3H3. The molecule has 0 aromatic heterocycles. The Morgan fingerprint density at radius 1 is 1.35 bits per heavy atom. The van der Waals surface area contributed by atoms with Gasteiger partial charge >= 0.3 is 0 Å². The molecule has 4 heteroatoms. The van der Waals surface area contributed by atoms with Crippen molar-refractivity contribution >= 4 is 5.91 Å². The smallest absolute Gasteiger partial charge is 0.261 e. The molecule has 1 rings (SSSR count). The molecule has 0 heterocycles. The molecule has 0 bridgehead atoms. The number of benzene rings is 1. The van der Waals surface area contributed by atoms with Gasteiger partial charge < -0.3 is 15.1 Å². The molecule has 0 aliphatic heterocycles. The Hall–Kier alpha value is -1.71. The Kier molecular flexibility index (Phi) is 4.37. The Labute approximate surface area is 101 Å². The van der Waals surface area contributed by atoms with Gasteiger partial charge in [-0.05, 0) is 18.1 Å². The zero-order valence-corrected chi connectivity index (χ0v) is 10.5. The number of hydrogen-bond donors (Lipinski definition) is 2. The average molecular weight is 237 g/mol. The van der Waals surface area contributed by atoms with Crippen molar-refractivity contribution in [3.05, 3.63) is 23.8 Å². The summed E-state index contributed by atoms with van der Waals surface area (Å²) >= 11 is 0. The molecule has 94 valence electrons. The summed E-state index contributed by atoms with van der Waals surface area (Å²) in [7, 11) is 1.67. The number of aromatic hydroxyl groups is 2. The summed E-state index contributed by atoms with van der Waals surface area (Å²) in [6.07, 6.45) is 0.977. The highest BCUT2D eigenvalue weighted by molar-refractivity contribution is 5.99. The van der Waals surface area contributed by atoms with E-state index in [0.29, 0.717) is 12.5 Å². The van der Waals surface area contributed by atoms with Gasteiger partial charge in [0, 0.05) is 13.6 Å². The molecular formula is C13H19NO3. The zero-order chi connectivity index (χ0) is 13.0. The van der Waals surface area contributed by atoms with Crippen LogP contribution in [-0.2, 0) is 0 Å². The molecule has 0 fully saturated rings. The van der Waals surface area contributed by atoms with Crippen molar-refractivity contribution < 1.29 is 15.0 Å². The average Bonchev–Trinajstić information content (AvgIpc) is 2.28. The van der Waals surface area contributed by atoms with E-state index in [0.717, 1.165) is 6.42 Å². The molecule has 0 aliphatic carbocycles. The van der Waals surface area contributed by atoms with Crippen molar-refractivity contribution in [2.24, 2.45) is 5.92 Å². The third kappa shape index (κ3) is 3.12. The maximum Gasteiger partial charge on any atom is 0.261 e. The van der Waals surface area contributed by atoms with Gasteiger partial charge in [-0.15, -0.1) is 0 Å². The monoisotopic (exact) mass is 237 g/mol. The lowest BCUT2D eigenvalue weighted by Crippen LogP contribution is -2.31. The number of carbonyl (C=O) groups is 1. The van der Waals surface area contributed by atoms with Gasteiger partial charge in [-0.25, -0.2) is 0 Å². The predicted molar refractivity (Wildman–Crippen MR) is 66.2 cm³/mol. The normalized spacial score (nSPS) is 12.2. The molecule has 0 spiro atoms. The van der Waals surface area contributed by atoms with Crippen molar-refractivity contribution in [1.29, 1.82) is 0 Å². The highest BCUT2D eigenvalue weighted by Crippen LogP contribution is 2.27. The van der Waals surface area contributed by atoms with Crippen molar-refractivity contribution in [2.75, 3.05) is 13.6 Å². The molecule has 2 N–H and O–H groups in total. The van der Waals surface area contributed by atoms with Crippen LogP contribution in [-0.4, -0.2) is 34.6 Å². The van der Waals surface area contributed by atoms with Gasteiger partial charge in [-0.1, -0.05) is 26.3 Å². The van der Waals surface area contributed by atoms with Crippen molar-refractivity contribution in [2.45, 2.75) is 20.3 Å². The highest BCUT2D eigenvalue weighted by Gasteiger charge is 2.20. The van der Waals surface area contributed by atoms with Gasteiger partial charge in [0.1, 0.15) is 17.1 Å². The summed E-state index contributed by atoms with van der Waals surface area (Å²) in [5.74, 6) is -0.352. The van der Waals surface area contributed by atoms with Gasteiger partial charge in [0.05, 0.1) is 0 Å². The van der Waals surface area contributed by atoms with Crippen LogP contribution in [0.4, 0.5) is 0 Å². The minimum atomic E-state index is -0.360. The van der Waals surface area contributed by atoms with Crippen LogP contribution in [0.5, 0.6) is 11.5 Å². The molecule has 1 aromatic rings. The first-order valence-corrected chi connectivity index (χ1v) is 5.73. The van der Waals surface area contributed by atoms with Crippen molar-refractivity contribution in [3.63, 3.8) is 0 Å². The molecule has 0 saturated heterocycles. The molecule has 0 aliphatic rings. The van der Waals surface area contributed by atoms with Gasteiger partial charge in [-0.3, -0.25) is 4.79 Å². The van der Waals surface area contributed by atoms with E-state index in [9.17, 15) is 15.0 Å². The van der Waals surface area contributed by atoms with E-state index >= 15 is 0 Å². The lowest BCUT2D eigenvalue weighted by Gasteiger charge is -2.21. The molecule has 1 aromatic carbocycles. The van der Waals surface area contributed by atoms with E-state index in [1.54, 1.807) is 7.05 Å². The topological polar surface area (TPSA) is 60.8 Å². The van der Waals surface area contributed by atoms with Crippen molar-refractivity contribution in [3.8, 4) is 11.5 Å². The molecule has 17 heavy (non-hydrogen) atoms. The van der Waals surface area contributed by atoms with E-state index < -0.39 is 0 Å². The predicted octanol–water partition coefficient (Wildman–Crippen LogP) is 2.22. The minimum Gasteiger partial charge on any atom is -0.507 e. The fourth-order valence-corrected chi connectivity index (χ4v) is 1.62. The van der Waals surface area contributed by atoms with Gasteiger partial charge in [-0.2, -0.15) is 0 Å². The quantitative estimate of drug-likeness (QED) is 0.844. The van der Waals surface area contributed by atoms with Crippen LogP contribution < -0.4 is 0 Å². The number of carbonyl (C=O) groups excluding carboxylic acids is 1. The SMILES string of the molecule is CCC(C)CN(C)C(=O)c1c(O)cccc1O. The summed E-state index contributed by atoms with van der Waals surface area (Å²) in [5, 5.41) is 19.2. The summed E-state index contributed by atoms with van der Waals surface area (Å²) < 4.78 is 0. The Bertz CT molecular complexity index is 383. The molecular weight excluding hydrogens is 218 g/mol. The summed E-state index contributed by atoms with van der Waals surface area (Å²) in [6, 6.07) is 4.28. The Balaban J connectivity index is 2.89. The van der Waals surface area contributed by atoms with Gasteiger partial charge in [0.2, 0.25) is 0 Å². The zero-order valence-electron chi connectivity index (χ0n) is 10.5. The first kappa shape index (κ1) is 13.4. The number of phenolic OH excluding ortho intramolecular Hbond substituents is 2. The molecule has 1 amide bonds. The molecule has 1 unspecified atom stereocenters. The molecule has 4 nitrogen and oxygen atoms in total. The first-order chi connectivity index (χ1) is 7.97. The second kappa shape index (κ2) is 5.57. The van der Waals surface area contributed by atoms with E-state index in [2.05, 4.69) is 13.8 Å². The number of phenols is 2. The Morgan fingerprint density at radius 2 is 1.88 bits per heavy atom. The maximum absolute atomic E-state index is 12.0. The van der Waals surface area contributed by atoms with E-state index in [1.807, 2.05) is 0 Å². The number of rotatable bonds is 4. The fraction of sp³-hybridized carbons (Fsp3) is 0.462. The van der Waals surface area contributed by atoms with E-state index in [-0.39, 0.29) is 23.0 Å². The largest absolute Gasteiger partial charge is 0.507 e. The van der Waals surface area contributed by atoms with Gasteiger partial charge in [0.25, 0.3) is 5.91 Å². The van der Waals surface area contributed by atoms with Crippen LogP contribution >= 0.6 is 0 Å². The second-order valence-corrected chi connectivity index (χ2v) is 4.37. The second-order valence-electron chi connectivity index (χ2n) is 4.37. The molecule has 0 radical (unpaired) electrons. The van der Waals surface area contributed by atoms with Crippen LogP contribution in [0.3, 0.4) is 0 Å². The van der Waals surface area contributed by atoms with E-state index in [4.69, 9.17) is 0 Å². The third-order valence-corrected chi connectivity index (χ3v) is 2.86. The fourth-order valence-electron chi connectivity index (χ4n) is 1.62. The number of amides is 1.